The van der Waals surface area contributed by atoms with Crippen molar-refractivity contribution in [1.29, 1.82) is 0 Å². The molecule has 0 aromatic carbocycles. The first-order chi connectivity index (χ1) is 16.2. The first-order valence-electron chi connectivity index (χ1n) is 12.5. The second-order valence-corrected chi connectivity index (χ2v) is 8.92. The van der Waals surface area contributed by atoms with Crippen LogP contribution in [0.5, 0.6) is 0 Å². The normalized spacial score (nSPS) is 22.0. The fraction of sp³-hybridized carbons (Fsp3) is 0.840. The van der Waals surface area contributed by atoms with Gasteiger partial charge in [0.1, 0.15) is 0 Å². The van der Waals surface area contributed by atoms with Crippen molar-refractivity contribution in [2.75, 3.05) is 99.8 Å². The summed E-state index contributed by atoms with van der Waals surface area (Å²) in [6.07, 6.45) is 10.6. The Labute approximate surface area is 201 Å². The third-order valence-corrected chi connectivity index (χ3v) is 6.31. The average molecular weight is 470 g/mol. The van der Waals surface area contributed by atoms with Crippen molar-refractivity contribution in [3.8, 4) is 0 Å². The summed E-state index contributed by atoms with van der Waals surface area (Å²) in [6, 6.07) is 0.465. The molecule has 1 fully saturated rings. The third-order valence-electron chi connectivity index (χ3n) is 6.31. The van der Waals surface area contributed by atoms with Crippen LogP contribution in [0.25, 0.3) is 0 Å². The first-order valence-corrected chi connectivity index (χ1v) is 12.5. The van der Waals surface area contributed by atoms with Crippen LogP contribution in [0.15, 0.2) is 23.9 Å². The van der Waals surface area contributed by atoms with E-state index in [-0.39, 0.29) is 5.41 Å². The lowest BCUT2D eigenvalue weighted by Crippen LogP contribution is -2.48. The molecule has 1 heterocycles. The molecule has 33 heavy (non-hydrogen) atoms. The van der Waals surface area contributed by atoms with Gasteiger partial charge in [-0.1, -0.05) is 19.1 Å². The lowest BCUT2D eigenvalue weighted by molar-refractivity contribution is -0.00739. The van der Waals surface area contributed by atoms with E-state index in [1.54, 1.807) is 7.11 Å². The van der Waals surface area contributed by atoms with Gasteiger partial charge in [-0.15, -0.1) is 0 Å². The Bertz CT molecular complexity index is 554. The van der Waals surface area contributed by atoms with Crippen molar-refractivity contribution in [2.24, 2.45) is 5.41 Å². The molecular weight excluding hydrogens is 422 g/mol. The van der Waals surface area contributed by atoms with Gasteiger partial charge in [-0.05, 0) is 45.5 Å². The highest BCUT2D eigenvalue weighted by Crippen LogP contribution is 2.33. The number of nitrogens with zero attached hydrogens (tertiary/aromatic N) is 1. The molecule has 0 radical (unpaired) electrons. The van der Waals surface area contributed by atoms with E-state index in [9.17, 15) is 0 Å². The maximum absolute atomic E-state index is 5.65. The van der Waals surface area contributed by atoms with Crippen molar-refractivity contribution in [3.05, 3.63) is 23.9 Å². The second-order valence-electron chi connectivity index (χ2n) is 8.92. The van der Waals surface area contributed by atoms with Crippen LogP contribution in [0.1, 0.15) is 26.2 Å². The van der Waals surface area contributed by atoms with Gasteiger partial charge in [-0.2, -0.15) is 0 Å². The van der Waals surface area contributed by atoms with Crippen LogP contribution in [0.3, 0.4) is 0 Å². The quantitative estimate of drug-likeness (QED) is 0.262. The summed E-state index contributed by atoms with van der Waals surface area (Å²) in [4.78, 5) is 2.59. The lowest BCUT2D eigenvalue weighted by atomic mass is 9.76. The van der Waals surface area contributed by atoms with Crippen LogP contribution in [0.4, 0.5) is 0 Å². The van der Waals surface area contributed by atoms with E-state index in [2.05, 4.69) is 47.7 Å². The Morgan fingerprint density at radius 3 is 2.00 bits per heavy atom. The minimum atomic E-state index is 0.150. The maximum atomic E-state index is 5.65. The molecule has 0 bridgehead atoms. The van der Waals surface area contributed by atoms with Crippen molar-refractivity contribution in [1.82, 2.24) is 15.5 Å². The summed E-state index contributed by atoms with van der Waals surface area (Å²) in [5.41, 5.74) is 1.34. The van der Waals surface area contributed by atoms with Crippen LogP contribution < -0.4 is 10.6 Å². The molecule has 0 aromatic heterocycles. The number of nitrogens with one attached hydrogen (secondary N) is 2. The van der Waals surface area contributed by atoms with Crippen molar-refractivity contribution in [2.45, 2.75) is 32.2 Å². The molecule has 0 spiro atoms. The molecule has 1 saturated heterocycles. The van der Waals surface area contributed by atoms with E-state index in [4.69, 9.17) is 23.7 Å². The summed E-state index contributed by atoms with van der Waals surface area (Å²) in [5.74, 6) is 0. The van der Waals surface area contributed by atoms with Crippen molar-refractivity contribution in [3.63, 3.8) is 0 Å². The van der Waals surface area contributed by atoms with Gasteiger partial charge in [0.2, 0.25) is 0 Å². The van der Waals surface area contributed by atoms with Crippen molar-refractivity contribution < 1.29 is 23.7 Å². The van der Waals surface area contributed by atoms with E-state index in [0.717, 1.165) is 19.5 Å². The standard InChI is InChI=1S/C25H47N3O5/c1-25(24(26-2)22-28-11-4-5-12-28)8-6-23(7-9-25)27-10-13-30-16-17-32-20-21-33-19-18-31-15-14-29-3/h6-8,24,26-27H,4-5,9-22H2,1-3H3/t24-,25?/m1/s1. The minimum absolute atomic E-state index is 0.150. The molecule has 0 saturated carbocycles. The molecule has 8 heteroatoms. The fourth-order valence-electron chi connectivity index (χ4n) is 4.16. The Morgan fingerprint density at radius 2 is 1.48 bits per heavy atom. The van der Waals surface area contributed by atoms with E-state index in [1.807, 2.05) is 0 Å². The number of hydrogen-bond acceptors (Lipinski definition) is 8. The molecule has 0 aromatic rings. The zero-order valence-corrected chi connectivity index (χ0v) is 21.1. The van der Waals surface area contributed by atoms with Gasteiger partial charge in [0, 0.05) is 37.4 Å². The maximum Gasteiger partial charge on any atom is 0.0701 e. The summed E-state index contributed by atoms with van der Waals surface area (Å²) < 4.78 is 26.8. The van der Waals surface area contributed by atoms with Gasteiger partial charge >= 0.3 is 0 Å². The second kappa shape index (κ2) is 17.4. The minimum Gasteiger partial charge on any atom is -0.383 e. The highest BCUT2D eigenvalue weighted by Gasteiger charge is 2.33. The highest BCUT2D eigenvalue weighted by molar-refractivity contribution is 5.26. The first kappa shape index (κ1) is 28.2. The number of allylic oxidation sites excluding steroid dienone is 2. The number of likely N-dealkylation sites (tertiary alicyclic amines) is 1. The number of likely N-dealkylation sites (N-methyl/N-ethyl adjacent to an activating group) is 1. The van der Waals surface area contributed by atoms with E-state index in [1.165, 1.54) is 31.6 Å². The van der Waals surface area contributed by atoms with E-state index < -0.39 is 0 Å². The van der Waals surface area contributed by atoms with Crippen LogP contribution >= 0.6 is 0 Å². The van der Waals surface area contributed by atoms with Crippen molar-refractivity contribution >= 4 is 0 Å². The third kappa shape index (κ3) is 11.8. The smallest absolute Gasteiger partial charge is 0.0701 e. The van der Waals surface area contributed by atoms with E-state index in [0.29, 0.717) is 65.5 Å². The Kier molecular flexibility index (Phi) is 14.9. The monoisotopic (exact) mass is 469 g/mol. The summed E-state index contributed by atoms with van der Waals surface area (Å²) in [6.45, 7) is 12.1. The Balaban J connectivity index is 1.43. The molecule has 192 valence electrons. The van der Waals surface area contributed by atoms with Crippen LogP contribution in [-0.4, -0.2) is 111 Å². The van der Waals surface area contributed by atoms with E-state index >= 15 is 0 Å². The topological polar surface area (TPSA) is 73.5 Å². The predicted molar refractivity (Wildman–Crippen MR) is 132 cm³/mol. The molecule has 8 nitrogen and oxygen atoms in total. The number of methoxy groups -OCH3 is 1. The molecule has 0 amide bonds. The highest BCUT2D eigenvalue weighted by atomic mass is 16.6. The lowest BCUT2D eigenvalue weighted by Gasteiger charge is -2.38. The van der Waals surface area contributed by atoms with Crippen LogP contribution in [0.2, 0.25) is 0 Å². The van der Waals surface area contributed by atoms with Gasteiger partial charge in [0.15, 0.2) is 0 Å². The molecule has 1 aliphatic carbocycles. The largest absolute Gasteiger partial charge is 0.383 e. The molecule has 2 aliphatic rings. The predicted octanol–water partition coefficient (Wildman–Crippen LogP) is 1.82. The Morgan fingerprint density at radius 1 is 0.909 bits per heavy atom. The van der Waals surface area contributed by atoms with Gasteiger partial charge < -0.3 is 39.2 Å². The number of hydrogen-bond donors (Lipinski definition) is 2. The summed E-state index contributed by atoms with van der Waals surface area (Å²) in [7, 11) is 3.75. The fourth-order valence-corrected chi connectivity index (χ4v) is 4.16. The van der Waals surface area contributed by atoms with Crippen LogP contribution in [-0.2, 0) is 23.7 Å². The number of rotatable bonds is 20. The van der Waals surface area contributed by atoms with Gasteiger partial charge in [-0.25, -0.2) is 0 Å². The zero-order valence-electron chi connectivity index (χ0n) is 21.1. The molecule has 1 unspecified atom stereocenters. The molecule has 2 N–H and O–H groups in total. The van der Waals surface area contributed by atoms with Gasteiger partial charge in [0.05, 0.1) is 59.5 Å². The Hall–Kier alpha value is -1.00. The van der Waals surface area contributed by atoms with Gasteiger partial charge in [-0.3, -0.25) is 0 Å². The number of ether oxygens (including phenoxy) is 5. The zero-order chi connectivity index (χ0) is 23.6. The van der Waals surface area contributed by atoms with Gasteiger partial charge in [0.25, 0.3) is 0 Å². The molecular formula is C25H47N3O5. The average Bonchev–Trinajstić information content (AvgIpc) is 3.34. The SMILES string of the molecule is CN[C@H](CN1CCCC1)C1(C)C=CC(NCCOCCOCCOCCOCCOC)=CC1. The molecule has 2 rings (SSSR count). The summed E-state index contributed by atoms with van der Waals surface area (Å²) >= 11 is 0. The molecule has 1 aliphatic heterocycles. The summed E-state index contributed by atoms with van der Waals surface area (Å²) in [5, 5.41) is 7.03. The molecule has 2 atom stereocenters. The van der Waals surface area contributed by atoms with Crippen LogP contribution in [0, 0.1) is 5.41 Å².